The van der Waals surface area contributed by atoms with Crippen molar-refractivity contribution in [2.75, 3.05) is 0 Å². The van der Waals surface area contributed by atoms with E-state index in [1.165, 1.54) is 69.5 Å². The Morgan fingerprint density at radius 3 is 1.64 bits per heavy atom. The summed E-state index contributed by atoms with van der Waals surface area (Å²) in [4.78, 5) is 11.2. The molecule has 0 spiro atoms. The highest BCUT2D eigenvalue weighted by Gasteiger charge is 2.36. The predicted octanol–water partition coefficient (Wildman–Crippen LogP) is 6.27. The molecule has 1 aromatic rings. The van der Waals surface area contributed by atoms with E-state index in [-0.39, 0.29) is 13.1 Å². The van der Waals surface area contributed by atoms with Crippen molar-refractivity contribution in [2.45, 2.75) is 101 Å². The van der Waals surface area contributed by atoms with E-state index in [9.17, 15) is 4.89 Å². The molecule has 0 saturated heterocycles. The van der Waals surface area contributed by atoms with Gasteiger partial charge >= 0.3 is 0 Å². The normalized spacial score (nSPS) is 22.3. The Kier molecular flexibility index (Phi) is 6.98. The van der Waals surface area contributed by atoms with Crippen molar-refractivity contribution in [1.29, 1.82) is 0 Å². The first-order chi connectivity index (χ1) is 12.0. The van der Waals surface area contributed by atoms with Crippen LogP contribution in [0.4, 0.5) is 0 Å². The average Bonchev–Trinajstić information content (AvgIpc) is 2.63. The van der Waals surface area contributed by atoms with Gasteiger partial charge in [-0.1, -0.05) is 91.5 Å². The van der Waals surface area contributed by atoms with Gasteiger partial charge in [0.25, 0.3) is 0 Å². The summed E-state index contributed by atoms with van der Waals surface area (Å²) in [6, 6.07) is 9.01. The predicted molar refractivity (Wildman–Crippen MR) is 115 cm³/mol. The van der Waals surface area contributed by atoms with Gasteiger partial charge < -0.3 is 4.89 Å². The van der Waals surface area contributed by atoms with Gasteiger partial charge in [0.05, 0.1) is 8.15 Å². The van der Waals surface area contributed by atoms with Gasteiger partial charge in [0.1, 0.15) is 0 Å². The number of hydrogen-bond donors (Lipinski definition) is 1. The molecule has 2 fully saturated rings. The lowest BCUT2D eigenvalue weighted by Gasteiger charge is -2.40. The summed E-state index contributed by atoms with van der Waals surface area (Å²) in [5, 5.41) is 2.83. The maximum absolute atomic E-state index is 11.2. The summed E-state index contributed by atoms with van der Waals surface area (Å²) in [6.07, 6.45) is 14.3. The van der Waals surface area contributed by atoms with Crippen LogP contribution in [0.5, 0.6) is 0 Å². The summed E-state index contributed by atoms with van der Waals surface area (Å²) >= 11 is 0. The lowest BCUT2D eigenvalue weighted by atomic mass is 9.99. The Bertz CT molecular complexity index is 521. The van der Waals surface area contributed by atoms with E-state index in [0.717, 1.165) is 11.3 Å². The SMILES string of the molecule is CC(C)(C)P(O)c1ccccc1P(C1CCCCC1)C1CCCCC1. The van der Waals surface area contributed by atoms with Crippen molar-refractivity contribution in [1.82, 2.24) is 0 Å². The fourth-order valence-corrected chi connectivity index (χ4v) is 10.3. The third-order valence-electron chi connectivity index (χ3n) is 5.96. The zero-order valence-corrected chi connectivity index (χ0v) is 18.2. The van der Waals surface area contributed by atoms with Crippen LogP contribution in [-0.2, 0) is 0 Å². The second kappa shape index (κ2) is 8.82. The molecular formula is C22H36OP2. The van der Waals surface area contributed by atoms with Gasteiger partial charge in [0.2, 0.25) is 0 Å². The molecule has 140 valence electrons. The number of hydrogen-bond acceptors (Lipinski definition) is 1. The summed E-state index contributed by atoms with van der Waals surface area (Å²) in [7, 11) is -1.23. The summed E-state index contributed by atoms with van der Waals surface area (Å²) in [5.74, 6) is 0. The van der Waals surface area contributed by atoms with Crippen molar-refractivity contribution in [3.63, 3.8) is 0 Å². The van der Waals surface area contributed by atoms with Crippen LogP contribution in [-0.4, -0.2) is 21.4 Å². The lowest BCUT2D eigenvalue weighted by Crippen LogP contribution is -2.35. The number of benzene rings is 1. The minimum atomic E-state index is -1.10. The van der Waals surface area contributed by atoms with Crippen LogP contribution in [0.15, 0.2) is 24.3 Å². The van der Waals surface area contributed by atoms with Crippen molar-refractivity contribution in [3.8, 4) is 0 Å². The Hall–Kier alpha value is 0.0400. The van der Waals surface area contributed by atoms with Gasteiger partial charge in [-0.25, -0.2) is 0 Å². The third-order valence-corrected chi connectivity index (χ3v) is 11.8. The topological polar surface area (TPSA) is 20.2 Å². The minimum absolute atomic E-state index is 0.0361. The standard InChI is InChI=1S/C22H36OP2/c1-22(2,3)25(23)21-17-11-10-16-20(21)24(18-12-6-4-7-13-18)19-14-8-5-9-15-19/h10-11,16-19,23H,4-9,12-15H2,1-3H3. The van der Waals surface area contributed by atoms with E-state index in [0.29, 0.717) is 0 Å². The molecule has 1 aromatic carbocycles. The highest BCUT2D eigenvalue weighted by Crippen LogP contribution is 2.56. The molecular weight excluding hydrogens is 342 g/mol. The molecule has 0 heterocycles. The van der Waals surface area contributed by atoms with E-state index in [4.69, 9.17) is 0 Å². The molecule has 1 N–H and O–H groups in total. The first-order valence-electron chi connectivity index (χ1n) is 10.3. The molecule has 2 aliphatic rings. The zero-order valence-electron chi connectivity index (χ0n) is 16.4. The van der Waals surface area contributed by atoms with Crippen LogP contribution < -0.4 is 10.6 Å². The largest absolute Gasteiger partial charge is 0.368 e. The van der Waals surface area contributed by atoms with Crippen LogP contribution in [0.25, 0.3) is 0 Å². The Labute approximate surface area is 157 Å². The highest BCUT2D eigenvalue weighted by molar-refractivity contribution is 7.71. The first-order valence-corrected chi connectivity index (χ1v) is 13.1. The molecule has 2 saturated carbocycles. The van der Waals surface area contributed by atoms with E-state index in [1.807, 2.05) is 0 Å². The van der Waals surface area contributed by atoms with Crippen LogP contribution >= 0.6 is 16.1 Å². The van der Waals surface area contributed by atoms with Crippen molar-refractivity contribution in [3.05, 3.63) is 24.3 Å². The first kappa shape index (κ1) is 19.8. The molecule has 1 atom stereocenters. The Morgan fingerprint density at radius 2 is 1.20 bits per heavy atom. The summed E-state index contributed by atoms with van der Waals surface area (Å²) < 4.78 is 0. The quantitative estimate of drug-likeness (QED) is 0.612. The van der Waals surface area contributed by atoms with Crippen molar-refractivity contribution >= 4 is 26.7 Å². The van der Waals surface area contributed by atoms with Crippen molar-refractivity contribution in [2.24, 2.45) is 0 Å². The molecule has 0 radical (unpaired) electrons. The molecule has 0 aliphatic heterocycles. The molecule has 1 nitrogen and oxygen atoms in total. The second-order valence-corrected chi connectivity index (χ2v) is 14.2. The zero-order chi connectivity index (χ0) is 17.9. The van der Waals surface area contributed by atoms with Gasteiger partial charge in [-0.15, -0.1) is 0 Å². The average molecular weight is 378 g/mol. The van der Waals surface area contributed by atoms with E-state index in [2.05, 4.69) is 45.0 Å². The monoisotopic (exact) mass is 378 g/mol. The van der Waals surface area contributed by atoms with Gasteiger partial charge in [-0.05, 0) is 42.3 Å². The van der Waals surface area contributed by atoms with Crippen LogP contribution in [0.2, 0.25) is 0 Å². The molecule has 3 rings (SSSR count). The Balaban J connectivity index is 1.97. The third kappa shape index (κ3) is 4.86. The maximum Gasteiger partial charge on any atom is 0.0624 e. The van der Waals surface area contributed by atoms with Crippen LogP contribution in [0.3, 0.4) is 0 Å². The van der Waals surface area contributed by atoms with E-state index < -0.39 is 8.15 Å². The van der Waals surface area contributed by atoms with Crippen LogP contribution in [0.1, 0.15) is 85.0 Å². The fourth-order valence-electron chi connectivity index (χ4n) is 4.63. The molecule has 2 aliphatic carbocycles. The molecule has 0 aromatic heterocycles. The maximum atomic E-state index is 11.2. The summed E-state index contributed by atoms with van der Waals surface area (Å²) in [6.45, 7) is 6.58. The van der Waals surface area contributed by atoms with E-state index >= 15 is 0 Å². The molecule has 1 unspecified atom stereocenters. The molecule has 25 heavy (non-hydrogen) atoms. The smallest absolute Gasteiger partial charge is 0.0624 e. The molecule has 0 amide bonds. The molecule has 0 bridgehead atoms. The van der Waals surface area contributed by atoms with Gasteiger partial charge in [0.15, 0.2) is 0 Å². The minimum Gasteiger partial charge on any atom is -0.368 e. The van der Waals surface area contributed by atoms with Gasteiger partial charge in [-0.2, -0.15) is 0 Å². The lowest BCUT2D eigenvalue weighted by molar-refractivity contribution is 0.487. The molecule has 3 heteroatoms. The Morgan fingerprint density at radius 1 is 0.760 bits per heavy atom. The van der Waals surface area contributed by atoms with Crippen molar-refractivity contribution < 1.29 is 4.89 Å². The van der Waals surface area contributed by atoms with Gasteiger partial charge in [0, 0.05) is 10.5 Å². The second-order valence-electron chi connectivity index (χ2n) is 8.96. The number of rotatable bonds is 4. The van der Waals surface area contributed by atoms with Gasteiger partial charge in [-0.3, -0.25) is 0 Å². The highest BCUT2D eigenvalue weighted by atomic mass is 31.1. The summed E-state index contributed by atoms with van der Waals surface area (Å²) in [5.41, 5.74) is 1.80. The van der Waals surface area contributed by atoms with Crippen LogP contribution in [0, 0.1) is 0 Å². The van der Waals surface area contributed by atoms with E-state index in [1.54, 1.807) is 5.30 Å². The fraction of sp³-hybridized carbons (Fsp3) is 0.727.